The van der Waals surface area contributed by atoms with E-state index in [1.807, 2.05) is 6.08 Å². The molecule has 0 fully saturated rings. The van der Waals surface area contributed by atoms with Gasteiger partial charge in [0.15, 0.2) is 0 Å². The van der Waals surface area contributed by atoms with Gasteiger partial charge in [0.25, 0.3) is 0 Å². The third-order valence-electron chi connectivity index (χ3n) is 1.28. The average Bonchev–Trinajstić information content (AvgIpc) is 1.77. The van der Waals surface area contributed by atoms with Crippen LogP contribution in [-0.2, 0) is 0 Å². The second-order valence-electron chi connectivity index (χ2n) is 2.22. The molecule has 0 saturated carbocycles. The Hall–Kier alpha value is -0.520. The van der Waals surface area contributed by atoms with Gasteiger partial charge in [-0.3, -0.25) is 0 Å². The molecule has 1 aliphatic rings. The molecule has 42 valence electrons. The smallest absolute Gasteiger partial charge is 0.00596 e. The molecule has 0 aliphatic heterocycles. The van der Waals surface area contributed by atoms with Gasteiger partial charge in [-0.05, 0) is 19.4 Å². The summed E-state index contributed by atoms with van der Waals surface area (Å²) in [7, 11) is 0. The fraction of sp³-hybridized carbons (Fsp3) is 0.375. The van der Waals surface area contributed by atoms with Gasteiger partial charge in [-0.25, -0.2) is 0 Å². The second kappa shape index (κ2) is 2.17. The molecule has 1 rings (SSSR count). The van der Waals surface area contributed by atoms with E-state index in [0.29, 0.717) is 0 Å². The van der Waals surface area contributed by atoms with E-state index < -0.39 is 0 Å². The summed E-state index contributed by atoms with van der Waals surface area (Å²) in [6.07, 6.45) is 8.48. The van der Waals surface area contributed by atoms with E-state index in [0.717, 1.165) is 6.42 Å². The molecule has 0 aromatic carbocycles. The largest absolute Gasteiger partial charge is 0.0807 e. The van der Waals surface area contributed by atoms with Gasteiger partial charge in [0.05, 0.1) is 0 Å². The first kappa shape index (κ1) is 5.61. The lowest BCUT2D eigenvalue weighted by atomic mass is 10.00. The zero-order valence-electron chi connectivity index (χ0n) is 5.36. The van der Waals surface area contributed by atoms with Crippen LogP contribution < -0.4 is 0 Å². The number of hydrogen-bond donors (Lipinski definition) is 0. The van der Waals surface area contributed by atoms with Crippen molar-refractivity contribution < 1.29 is 0 Å². The van der Waals surface area contributed by atoms with Crippen LogP contribution in [0.5, 0.6) is 0 Å². The molecule has 8 heavy (non-hydrogen) atoms. The molecule has 1 aliphatic carbocycles. The van der Waals surface area contributed by atoms with Crippen LogP contribution in [0.4, 0.5) is 0 Å². The van der Waals surface area contributed by atoms with Gasteiger partial charge < -0.3 is 0 Å². The third kappa shape index (κ3) is 1.22. The van der Waals surface area contributed by atoms with Gasteiger partial charge in [-0.15, -0.1) is 0 Å². The topological polar surface area (TPSA) is 0 Å². The van der Waals surface area contributed by atoms with Crippen molar-refractivity contribution in [1.82, 2.24) is 0 Å². The minimum Gasteiger partial charge on any atom is -0.0807 e. The minimum atomic E-state index is 1.09. The first-order valence-electron chi connectivity index (χ1n) is 2.88. The summed E-state index contributed by atoms with van der Waals surface area (Å²) in [5.41, 5.74) is 1.33. The molecule has 0 unspecified atom stereocenters. The van der Waals surface area contributed by atoms with Gasteiger partial charge >= 0.3 is 0 Å². The highest BCUT2D eigenvalue weighted by atomic mass is 14.0. The highest BCUT2D eigenvalue weighted by Crippen LogP contribution is 2.14. The summed E-state index contributed by atoms with van der Waals surface area (Å²) in [5.74, 6) is 1.33. The van der Waals surface area contributed by atoms with Crippen molar-refractivity contribution in [3.63, 3.8) is 0 Å². The molecule has 0 bridgehead atoms. The van der Waals surface area contributed by atoms with Crippen LogP contribution in [0.25, 0.3) is 0 Å². The Morgan fingerprint density at radius 1 is 1.50 bits per heavy atom. The quantitative estimate of drug-likeness (QED) is 0.444. The van der Waals surface area contributed by atoms with Crippen molar-refractivity contribution in [2.24, 2.45) is 0 Å². The number of hydrogen-bond acceptors (Lipinski definition) is 0. The van der Waals surface area contributed by atoms with Crippen molar-refractivity contribution >= 4 is 0 Å². The number of allylic oxidation sites excluding steroid dienone is 4. The summed E-state index contributed by atoms with van der Waals surface area (Å²) < 4.78 is 0. The molecule has 0 spiro atoms. The van der Waals surface area contributed by atoms with Crippen LogP contribution in [0, 0.1) is 12.0 Å². The lowest BCUT2D eigenvalue weighted by Gasteiger charge is -2.05. The second-order valence-corrected chi connectivity index (χ2v) is 2.22. The molecule has 0 aromatic heterocycles. The molecule has 2 radical (unpaired) electrons. The fourth-order valence-corrected chi connectivity index (χ4v) is 0.669. The summed E-state index contributed by atoms with van der Waals surface area (Å²) in [6.45, 7) is 4.19. The predicted molar refractivity (Wildman–Crippen MR) is 35.1 cm³/mol. The van der Waals surface area contributed by atoms with Crippen molar-refractivity contribution in [2.45, 2.75) is 20.3 Å². The molecule has 0 heteroatoms. The van der Waals surface area contributed by atoms with E-state index in [-0.39, 0.29) is 0 Å². The SMILES string of the molecule is C[C]1[C]=CC(C)=CC1. The van der Waals surface area contributed by atoms with Crippen molar-refractivity contribution in [1.29, 1.82) is 0 Å². The van der Waals surface area contributed by atoms with E-state index in [1.165, 1.54) is 11.5 Å². The van der Waals surface area contributed by atoms with Crippen molar-refractivity contribution in [3.8, 4) is 0 Å². The van der Waals surface area contributed by atoms with Gasteiger partial charge in [-0.1, -0.05) is 24.6 Å². The minimum absolute atomic E-state index is 1.09. The van der Waals surface area contributed by atoms with Crippen LogP contribution in [0.1, 0.15) is 20.3 Å². The molecule has 0 aromatic rings. The van der Waals surface area contributed by atoms with E-state index in [4.69, 9.17) is 0 Å². The van der Waals surface area contributed by atoms with Gasteiger partial charge in [0, 0.05) is 5.92 Å². The highest BCUT2D eigenvalue weighted by molar-refractivity contribution is 5.24. The van der Waals surface area contributed by atoms with Crippen molar-refractivity contribution in [3.05, 3.63) is 29.7 Å². The summed E-state index contributed by atoms with van der Waals surface area (Å²) in [6, 6.07) is 0. The lowest BCUT2D eigenvalue weighted by molar-refractivity contribution is 1.02. The maximum absolute atomic E-state index is 3.16. The standard InChI is InChI=1S/C8H10/c1-7-3-5-8(2)6-4-7/h3-4H,5H2,1-2H3. The highest BCUT2D eigenvalue weighted by Gasteiger charge is 1.99. The lowest BCUT2D eigenvalue weighted by Crippen LogP contribution is -1.89. The van der Waals surface area contributed by atoms with Crippen LogP contribution in [0.2, 0.25) is 0 Å². The molecule has 0 nitrogen and oxygen atoms in total. The van der Waals surface area contributed by atoms with E-state index >= 15 is 0 Å². The van der Waals surface area contributed by atoms with Gasteiger partial charge in [-0.2, -0.15) is 0 Å². The Bertz CT molecular complexity index is 129. The summed E-state index contributed by atoms with van der Waals surface area (Å²) in [5, 5.41) is 0. The van der Waals surface area contributed by atoms with Crippen LogP contribution in [0.15, 0.2) is 17.7 Å². The Kier molecular flexibility index (Phi) is 1.52. The monoisotopic (exact) mass is 106 g/mol. The third-order valence-corrected chi connectivity index (χ3v) is 1.28. The Balaban J connectivity index is 2.58. The maximum atomic E-state index is 3.16. The molecule has 0 saturated heterocycles. The normalized spacial score (nSPS) is 21.0. The zero-order valence-corrected chi connectivity index (χ0v) is 5.36. The van der Waals surface area contributed by atoms with Crippen LogP contribution in [0.3, 0.4) is 0 Å². The number of rotatable bonds is 0. The maximum Gasteiger partial charge on any atom is 0.00596 e. The first-order chi connectivity index (χ1) is 3.79. The van der Waals surface area contributed by atoms with E-state index in [2.05, 4.69) is 26.0 Å². The molecule has 0 heterocycles. The Morgan fingerprint density at radius 2 is 2.25 bits per heavy atom. The van der Waals surface area contributed by atoms with Gasteiger partial charge in [0.1, 0.15) is 0 Å². The van der Waals surface area contributed by atoms with E-state index in [9.17, 15) is 0 Å². The molecule has 0 amide bonds. The molecule has 0 N–H and O–H groups in total. The predicted octanol–water partition coefficient (Wildman–Crippen LogP) is 2.29. The summed E-state index contributed by atoms with van der Waals surface area (Å²) >= 11 is 0. The summed E-state index contributed by atoms with van der Waals surface area (Å²) in [4.78, 5) is 0. The Morgan fingerprint density at radius 3 is 2.62 bits per heavy atom. The fourth-order valence-electron chi connectivity index (χ4n) is 0.669. The molecule has 0 atom stereocenters. The van der Waals surface area contributed by atoms with E-state index in [1.54, 1.807) is 0 Å². The van der Waals surface area contributed by atoms with Gasteiger partial charge in [0.2, 0.25) is 0 Å². The molecular weight excluding hydrogens is 96.1 g/mol. The average molecular weight is 106 g/mol. The van der Waals surface area contributed by atoms with Crippen molar-refractivity contribution in [2.75, 3.05) is 0 Å². The zero-order chi connectivity index (χ0) is 5.98. The first-order valence-corrected chi connectivity index (χ1v) is 2.88. The Labute approximate surface area is 50.9 Å². The van der Waals surface area contributed by atoms with Crippen LogP contribution >= 0.6 is 0 Å². The molecular formula is C8H10. The van der Waals surface area contributed by atoms with Crippen LogP contribution in [-0.4, -0.2) is 0 Å².